The first kappa shape index (κ1) is 18.3. The Morgan fingerprint density at radius 1 is 1.15 bits per heavy atom. The molecule has 138 valence electrons. The smallest absolute Gasteiger partial charge is 0.240 e. The Labute approximate surface area is 151 Å². The highest BCUT2D eigenvalue weighted by Crippen LogP contribution is 2.27. The van der Waals surface area contributed by atoms with Crippen molar-refractivity contribution >= 4 is 15.9 Å². The van der Waals surface area contributed by atoms with Gasteiger partial charge in [0.2, 0.25) is 15.9 Å². The Morgan fingerprint density at radius 3 is 2.62 bits per heavy atom. The van der Waals surface area contributed by atoms with Crippen LogP contribution < -0.4 is 14.8 Å². The summed E-state index contributed by atoms with van der Waals surface area (Å²) in [7, 11) is -3.76. The zero-order chi connectivity index (χ0) is 18.6. The second kappa shape index (κ2) is 7.84. The van der Waals surface area contributed by atoms with E-state index in [2.05, 4.69) is 10.0 Å². The number of sulfonamides is 1. The monoisotopic (exact) mass is 378 g/mol. The first-order valence-corrected chi connectivity index (χ1v) is 9.69. The minimum atomic E-state index is -3.76. The van der Waals surface area contributed by atoms with E-state index in [4.69, 9.17) is 4.74 Å². The summed E-state index contributed by atoms with van der Waals surface area (Å²) in [5, 5.41) is 2.74. The van der Waals surface area contributed by atoms with Gasteiger partial charge in [-0.3, -0.25) is 4.79 Å². The molecule has 0 saturated carbocycles. The lowest BCUT2D eigenvalue weighted by molar-refractivity contribution is -0.121. The summed E-state index contributed by atoms with van der Waals surface area (Å²) in [4.78, 5) is 11.8. The molecular formula is C18H19FN2O4S. The van der Waals surface area contributed by atoms with Gasteiger partial charge in [0.25, 0.3) is 0 Å². The molecule has 0 saturated heterocycles. The molecule has 0 aromatic heterocycles. The first-order valence-electron chi connectivity index (χ1n) is 8.20. The van der Waals surface area contributed by atoms with Gasteiger partial charge >= 0.3 is 0 Å². The maximum atomic E-state index is 12.9. The van der Waals surface area contributed by atoms with Gasteiger partial charge in [0, 0.05) is 19.4 Å². The SMILES string of the molecule is O=C(CCNS(=O)(=O)c1ccc(F)cc1)NCC1Cc2ccccc2O1. The number of halogens is 1. The van der Waals surface area contributed by atoms with Crippen molar-refractivity contribution < 1.29 is 22.3 Å². The highest BCUT2D eigenvalue weighted by atomic mass is 32.2. The summed E-state index contributed by atoms with van der Waals surface area (Å²) in [5.74, 6) is 0.0461. The zero-order valence-electron chi connectivity index (χ0n) is 13.9. The normalized spacial score (nSPS) is 16.0. The molecule has 0 radical (unpaired) electrons. The molecule has 26 heavy (non-hydrogen) atoms. The van der Waals surface area contributed by atoms with Crippen LogP contribution in [0.3, 0.4) is 0 Å². The van der Waals surface area contributed by atoms with Crippen molar-refractivity contribution in [3.05, 3.63) is 59.9 Å². The third-order valence-electron chi connectivity index (χ3n) is 4.01. The van der Waals surface area contributed by atoms with Gasteiger partial charge in [0.15, 0.2) is 0 Å². The van der Waals surface area contributed by atoms with Crippen molar-refractivity contribution in [2.75, 3.05) is 13.1 Å². The van der Waals surface area contributed by atoms with Crippen molar-refractivity contribution in [2.24, 2.45) is 0 Å². The van der Waals surface area contributed by atoms with Crippen LogP contribution in [0, 0.1) is 5.82 Å². The van der Waals surface area contributed by atoms with Gasteiger partial charge < -0.3 is 10.1 Å². The molecule has 2 aromatic carbocycles. The van der Waals surface area contributed by atoms with Crippen LogP contribution in [0.4, 0.5) is 4.39 Å². The number of amides is 1. The van der Waals surface area contributed by atoms with Crippen molar-refractivity contribution in [1.29, 1.82) is 0 Å². The second-order valence-electron chi connectivity index (χ2n) is 5.96. The van der Waals surface area contributed by atoms with E-state index in [1.165, 1.54) is 12.1 Å². The van der Waals surface area contributed by atoms with E-state index in [0.717, 1.165) is 29.9 Å². The Kier molecular flexibility index (Phi) is 5.53. The number of para-hydroxylation sites is 1. The van der Waals surface area contributed by atoms with Crippen LogP contribution in [-0.2, 0) is 21.2 Å². The van der Waals surface area contributed by atoms with Crippen LogP contribution in [0.25, 0.3) is 0 Å². The fourth-order valence-electron chi connectivity index (χ4n) is 2.68. The van der Waals surface area contributed by atoms with Gasteiger partial charge in [0.1, 0.15) is 17.7 Å². The lowest BCUT2D eigenvalue weighted by Gasteiger charge is -2.12. The number of rotatable bonds is 7. The Bertz CT molecular complexity index is 859. The Hall–Kier alpha value is -2.45. The third-order valence-corrected chi connectivity index (χ3v) is 5.49. The fraction of sp³-hybridized carbons (Fsp3) is 0.278. The molecule has 0 spiro atoms. The quantitative estimate of drug-likeness (QED) is 0.767. The Morgan fingerprint density at radius 2 is 1.88 bits per heavy atom. The molecule has 0 fully saturated rings. The molecule has 1 atom stereocenters. The predicted molar refractivity (Wildman–Crippen MR) is 93.8 cm³/mol. The summed E-state index contributed by atoms with van der Waals surface area (Å²) in [5.41, 5.74) is 1.11. The maximum Gasteiger partial charge on any atom is 0.240 e. The fourth-order valence-corrected chi connectivity index (χ4v) is 3.71. The molecule has 1 heterocycles. The molecule has 2 aromatic rings. The summed E-state index contributed by atoms with van der Waals surface area (Å²) in [6.45, 7) is 0.315. The average molecular weight is 378 g/mol. The molecule has 6 nitrogen and oxygen atoms in total. The van der Waals surface area contributed by atoms with Crippen molar-refractivity contribution in [3.63, 3.8) is 0 Å². The zero-order valence-corrected chi connectivity index (χ0v) is 14.8. The summed E-state index contributed by atoms with van der Waals surface area (Å²) >= 11 is 0. The van der Waals surface area contributed by atoms with Crippen molar-refractivity contribution in [2.45, 2.75) is 23.8 Å². The highest BCUT2D eigenvalue weighted by Gasteiger charge is 2.22. The van der Waals surface area contributed by atoms with Crippen LogP contribution in [0.5, 0.6) is 5.75 Å². The van der Waals surface area contributed by atoms with Crippen LogP contribution in [0.15, 0.2) is 53.4 Å². The number of fused-ring (bicyclic) bond motifs is 1. The molecule has 1 aliphatic heterocycles. The van der Waals surface area contributed by atoms with Crippen molar-refractivity contribution in [1.82, 2.24) is 10.0 Å². The van der Waals surface area contributed by atoms with Gasteiger partial charge in [-0.15, -0.1) is 0 Å². The molecule has 3 rings (SSSR count). The van der Waals surface area contributed by atoms with Crippen LogP contribution >= 0.6 is 0 Å². The summed E-state index contributed by atoms with van der Waals surface area (Å²) < 4.78 is 45.0. The molecule has 2 N–H and O–H groups in total. The molecular weight excluding hydrogens is 359 g/mol. The summed E-state index contributed by atoms with van der Waals surface area (Å²) in [6, 6.07) is 12.2. The number of ether oxygens (including phenoxy) is 1. The first-order chi connectivity index (χ1) is 12.4. The van der Waals surface area contributed by atoms with Crippen molar-refractivity contribution in [3.8, 4) is 5.75 Å². The van der Waals surface area contributed by atoms with E-state index in [-0.39, 0.29) is 29.9 Å². The van der Waals surface area contributed by atoms with Crippen LogP contribution in [0.1, 0.15) is 12.0 Å². The van der Waals surface area contributed by atoms with E-state index < -0.39 is 15.8 Å². The van der Waals surface area contributed by atoms with E-state index in [0.29, 0.717) is 6.54 Å². The van der Waals surface area contributed by atoms with Crippen LogP contribution in [0.2, 0.25) is 0 Å². The van der Waals surface area contributed by atoms with E-state index in [1.54, 1.807) is 0 Å². The molecule has 1 amide bonds. The van der Waals surface area contributed by atoms with Gasteiger partial charge in [-0.2, -0.15) is 0 Å². The van der Waals surface area contributed by atoms with E-state index >= 15 is 0 Å². The van der Waals surface area contributed by atoms with Gasteiger partial charge in [-0.25, -0.2) is 17.5 Å². The van der Waals surface area contributed by atoms with Crippen LogP contribution in [-0.4, -0.2) is 33.5 Å². The lowest BCUT2D eigenvalue weighted by Crippen LogP contribution is -2.36. The predicted octanol–water partition coefficient (Wildman–Crippen LogP) is 1.61. The maximum absolute atomic E-state index is 12.9. The average Bonchev–Trinajstić information content (AvgIpc) is 3.03. The number of hydrogen-bond donors (Lipinski definition) is 2. The lowest BCUT2D eigenvalue weighted by atomic mass is 10.1. The minimum absolute atomic E-state index is 0.0000924. The third kappa shape index (κ3) is 4.59. The molecule has 0 bridgehead atoms. The van der Waals surface area contributed by atoms with Gasteiger partial charge in [-0.1, -0.05) is 18.2 Å². The standard InChI is InChI=1S/C18H19FN2O4S/c19-14-5-7-16(8-6-14)26(23,24)21-10-9-18(22)20-12-15-11-13-3-1-2-4-17(13)25-15/h1-8,15,21H,9-12H2,(H,20,22). The van der Waals surface area contributed by atoms with Gasteiger partial charge in [-0.05, 0) is 35.9 Å². The van der Waals surface area contributed by atoms with E-state index in [9.17, 15) is 17.6 Å². The number of benzene rings is 2. The number of carbonyl (C=O) groups excluding carboxylic acids is 1. The highest BCUT2D eigenvalue weighted by molar-refractivity contribution is 7.89. The largest absolute Gasteiger partial charge is 0.488 e. The van der Waals surface area contributed by atoms with E-state index in [1.807, 2.05) is 24.3 Å². The number of hydrogen-bond acceptors (Lipinski definition) is 4. The molecule has 8 heteroatoms. The second-order valence-corrected chi connectivity index (χ2v) is 7.72. The minimum Gasteiger partial charge on any atom is -0.488 e. The Balaban J connectivity index is 1.40. The molecule has 1 aliphatic rings. The molecule has 0 aliphatic carbocycles. The number of nitrogens with one attached hydrogen (secondary N) is 2. The summed E-state index contributed by atoms with van der Waals surface area (Å²) in [6.07, 6.45) is 0.612. The number of carbonyl (C=O) groups is 1. The molecule has 1 unspecified atom stereocenters. The topological polar surface area (TPSA) is 84.5 Å². The van der Waals surface area contributed by atoms with Gasteiger partial charge in [0.05, 0.1) is 11.4 Å².